The third-order valence-electron chi connectivity index (χ3n) is 4.95. The van der Waals surface area contributed by atoms with Crippen molar-refractivity contribution in [1.82, 2.24) is 10.3 Å². The quantitative estimate of drug-likeness (QED) is 0.870. The first-order chi connectivity index (χ1) is 9.61. The maximum atomic E-state index is 4.77. The molecule has 3 atom stereocenters. The van der Waals surface area contributed by atoms with Gasteiger partial charge in [0.1, 0.15) is 0 Å². The van der Waals surface area contributed by atoms with Crippen molar-refractivity contribution in [3.05, 3.63) is 11.1 Å². The van der Waals surface area contributed by atoms with Crippen LogP contribution in [-0.2, 0) is 6.54 Å². The van der Waals surface area contributed by atoms with Gasteiger partial charge in [-0.05, 0) is 37.0 Å². The molecule has 1 aromatic heterocycles. The van der Waals surface area contributed by atoms with Gasteiger partial charge in [0.25, 0.3) is 0 Å². The molecule has 1 aromatic rings. The van der Waals surface area contributed by atoms with Crippen molar-refractivity contribution in [2.75, 3.05) is 18.5 Å². The Hall–Kier alpha value is -0.610. The van der Waals surface area contributed by atoms with E-state index in [1.807, 2.05) is 0 Å². The molecular weight excluding hydrogens is 266 g/mol. The van der Waals surface area contributed by atoms with Crippen LogP contribution in [0.1, 0.15) is 45.2 Å². The van der Waals surface area contributed by atoms with Gasteiger partial charge in [0.15, 0.2) is 5.13 Å². The summed E-state index contributed by atoms with van der Waals surface area (Å²) in [5, 5.41) is 6.82. The summed E-state index contributed by atoms with van der Waals surface area (Å²) in [5.74, 6) is 2.96. The zero-order chi connectivity index (χ0) is 14.1. The minimum atomic E-state index is 0.520. The Morgan fingerprint density at radius 2 is 2.25 bits per heavy atom. The molecule has 3 unspecified atom stereocenters. The van der Waals surface area contributed by atoms with E-state index < -0.39 is 0 Å². The highest BCUT2D eigenvalue weighted by Crippen LogP contribution is 2.48. The zero-order valence-corrected chi connectivity index (χ0v) is 13.7. The van der Waals surface area contributed by atoms with Crippen LogP contribution in [0.5, 0.6) is 0 Å². The van der Waals surface area contributed by atoms with E-state index in [-0.39, 0.29) is 0 Å². The molecule has 0 amide bonds. The zero-order valence-electron chi connectivity index (χ0n) is 12.9. The highest BCUT2D eigenvalue weighted by molar-refractivity contribution is 7.13. The normalized spacial score (nSPS) is 28.5. The predicted molar refractivity (Wildman–Crippen MR) is 86.3 cm³/mol. The predicted octanol–water partition coefficient (Wildman–Crippen LogP) is 3.51. The van der Waals surface area contributed by atoms with Gasteiger partial charge in [0.2, 0.25) is 0 Å². The Bertz CT molecular complexity index is 443. The molecule has 0 aromatic carbocycles. The van der Waals surface area contributed by atoms with Gasteiger partial charge in [-0.25, -0.2) is 4.98 Å². The molecule has 4 heteroatoms. The molecule has 2 aliphatic rings. The standard InChI is InChI=1S/C16H27N3S/c1-11(2)17-8-15-10-20-16(18-15)19(3)9-14-7-12-4-5-13(14)6-12/h10-14,17H,4-9H2,1-3H3. The molecule has 1 N–H and O–H groups in total. The number of hydrogen-bond acceptors (Lipinski definition) is 4. The molecule has 2 bridgehead atoms. The number of nitrogens with one attached hydrogen (secondary N) is 1. The second-order valence-electron chi connectivity index (χ2n) is 6.97. The lowest BCUT2D eigenvalue weighted by molar-refractivity contribution is 0.337. The fourth-order valence-corrected chi connectivity index (χ4v) is 4.69. The SMILES string of the molecule is CC(C)NCc1csc(N(C)CC2CC3CCC2C3)n1. The summed E-state index contributed by atoms with van der Waals surface area (Å²) in [4.78, 5) is 7.15. The average molecular weight is 293 g/mol. The fourth-order valence-electron chi connectivity index (χ4n) is 3.89. The summed E-state index contributed by atoms with van der Waals surface area (Å²) >= 11 is 1.79. The largest absolute Gasteiger partial charge is 0.351 e. The molecular formula is C16H27N3S. The Kier molecular flexibility index (Phi) is 4.32. The van der Waals surface area contributed by atoms with Gasteiger partial charge in [0, 0.05) is 31.6 Å². The van der Waals surface area contributed by atoms with Crippen molar-refractivity contribution >= 4 is 16.5 Å². The molecule has 112 valence electrons. The van der Waals surface area contributed by atoms with Crippen molar-refractivity contribution in [2.45, 2.75) is 52.1 Å². The molecule has 2 fully saturated rings. The smallest absolute Gasteiger partial charge is 0.185 e. The third-order valence-corrected chi connectivity index (χ3v) is 5.95. The maximum Gasteiger partial charge on any atom is 0.185 e. The van der Waals surface area contributed by atoms with E-state index in [0.29, 0.717) is 6.04 Å². The lowest BCUT2D eigenvalue weighted by Gasteiger charge is -2.26. The van der Waals surface area contributed by atoms with Gasteiger partial charge in [-0.3, -0.25) is 0 Å². The van der Waals surface area contributed by atoms with E-state index in [9.17, 15) is 0 Å². The van der Waals surface area contributed by atoms with Gasteiger partial charge in [-0.15, -0.1) is 11.3 Å². The second kappa shape index (κ2) is 6.02. The minimum Gasteiger partial charge on any atom is -0.351 e. The highest BCUT2D eigenvalue weighted by Gasteiger charge is 2.39. The third kappa shape index (κ3) is 3.17. The summed E-state index contributed by atoms with van der Waals surface area (Å²) in [7, 11) is 2.21. The van der Waals surface area contributed by atoms with Crippen molar-refractivity contribution in [3.63, 3.8) is 0 Å². The van der Waals surface area contributed by atoms with Crippen molar-refractivity contribution in [2.24, 2.45) is 17.8 Å². The first kappa shape index (κ1) is 14.3. The monoisotopic (exact) mass is 293 g/mol. The van der Waals surface area contributed by atoms with Crippen LogP contribution < -0.4 is 10.2 Å². The molecule has 2 aliphatic carbocycles. The summed E-state index contributed by atoms with van der Waals surface area (Å²) in [6, 6.07) is 0.520. The highest BCUT2D eigenvalue weighted by atomic mass is 32.1. The van der Waals surface area contributed by atoms with Crippen LogP contribution in [0, 0.1) is 17.8 Å². The molecule has 2 saturated carbocycles. The number of anilines is 1. The van der Waals surface area contributed by atoms with Crippen molar-refractivity contribution in [1.29, 1.82) is 0 Å². The molecule has 20 heavy (non-hydrogen) atoms. The van der Waals surface area contributed by atoms with Crippen LogP contribution >= 0.6 is 11.3 Å². The van der Waals surface area contributed by atoms with Crippen LogP contribution in [0.4, 0.5) is 5.13 Å². The van der Waals surface area contributed by atoms with Crippen molar-refractivity contribution in [3.8, 4) is 0 Å². The second-order valence-corrected chi connectivity index (χ2v) is 7.81. The molecule has 1 heterocycles. The molecule has 3 rings (SSSR count). The van der Waals surface area contributed by atoms with Crippen LogP contribution in [0.2, 0.25) is 0 Å². The number of nitrogens with zero attached hydrogens (tertiary/aromatic N) is 2. The van der Waals surface area contributed by atoms with Crippen LogP contribution in [0.3, 0.4) is 0 Å². The van der Waals surface area contributed by atoms with E-state index in [4.69, 9.17) is 4.98 Å². The Labute approximate surface area is 126 Å². The van der Waals surface area contributed by atoms with Crippen molar-refractivity contribution < 1.29 is 0 Å². The summed E-state index contributed by atoms with van der Waals surface area (Å²) in [6.07, 6.45) is 5.93. The number of aromatic nitrogens is 1. The van der Waals surface area contributed by atoms with Gasteiger partial charge >= 0.3 is 0 Å². The molecule has 3 nitrogen and oxygen atoms in total. The topological polar surface area (TPSA) is 28.2 Å². The lowest BCUT2D eigenvalue weighted by atomic mass is 9.88. The average Bonchev–Trinajstić information content (AvgIpc) is 3.12. The number of thiazole rings is 1. The number of hydrogen-bond donors (Lipinski definition) is 1. The van der Waals surface area contributed by atoms with E-state index >= 15 is 0 Å². The van der Waals surface area contributed by atoms with E-state index in [1.165, 1.54) is 43.1 Å². The molecule has 0 radical (unpaired) electrons. The molecule has 0 spiro atoms. The van der Waals surface area contributed by atoms with Crippen LogP contribution in [0.25, 0.3) is 0 Å². The number of rotatable bonds is 6. The lowest BCUT2D eigenvalue weighted by Crippen LogP contribution is -2.28. The summed E-state index contributed by atoms with van der Waals surface area (Å²) in [6.45, 7) is 6.44. The van der Waals surface area contributed by atoms with E-state index in [0.717, 1.165) is 24.3 Å². The maximum absolute atomic E-state index is 4.77. The molecule has 0 saturated heterocycles. The van der Waals surface area contributed by atoms with E-state index in [2.05, 4.69) is 36.5 Å². The van der Waals surface area contributed by atoms with Gasteiger partial charge in [-0.1, -0.05) is 20.3 Å². The van der Waals surface area contributed by atoms with Crippen LogP contribution in [-0.4, -0.2) is 24.6 Å². The Morgan fingerprint density at radius 1 is 1.40 bits per heavy atom. The van der Waals surface area contributed by atoms with Gasteiger partial charge in [0.05, 0.1) is 5.69 Å². The van der Waals surface area contributed by atoms with Crippen LogP contribution in [0.15, 0.2) is 5.38 Å². The van der Waals surface area contributed by atoms with Gasteiger partial charge in [-0.2, -0.15) is 0 Å². The Balaban J connectivity index is 1.53. The summed E-state index contributed by atoms with van der Waals surface area (Å²) in [5.41, 5.74) is 1.18. The first-order valence-corrected chi connectivity index (χ1v) is 8.88. The Morgan fingerprint density at radius 3 is 2.90 bits per heavy atom. The van der Waals surface area contributed by atoms with E-state index in [1.54, 1.807) is 11.3 Å². The fraction of sp³-hybridized carbons (Fsp3) is 0.812. The first-order valence-electron chi connectivity index (χ1n) is 8.00. The summed E-state index contributed by atoms with van der Waals surface area (Å²) < 4.78 is 0. The number of fused-ring (bicyclic) bond motifs is 2. The minimum absolute atomic E-state index is 0.520. The van der Waals surface area contributed by atoms with Gasteiger partial charge < -0.3 is 10.2 Å². The molecule has 0 aliphatic heterocycles.